The third-order valence-electron chi connectivity index (χ3n) is 3.91. The molecule has 0 unspecified atom stereocenters. The average molecular weight is 182 g/mol. The van der Waals surface area contributed by atoms with Gasteiger partial charge in [0.05, 0.1) is 0 Å². The van der Waals surface area contributed by atoms with Crippen molar-refractivity contribution in [3.05, 3.63) is 35.4 Å². The number of hydrogen-bond acceptors (Lipinski definition) is 0. The van der Waals surface area contributed by atoms with Gasteiger partial charge in [-0.3, -0.25) is 0 Å². The fraction of sp³-hybridized carbons (Fsp3) is 0.429. The molecule has 1 saturated carbocycles. The van der Waals surface area contributed by atoms with Gasteiger partial charge in [0.25, 0.3) is 0 Å². The van der Waals surface area contributed by atoms with E-state index in [2.05, 4.69) is 30.2 Å². The second kappa shape index (κ2) is 2.64. The van der Waals surface area contributed by atoms with Gasteiger partial charge in [-0.25, -0.2) is 0 Å². The van der Waals surface area contributed by atoms with Crippen LogP contribution >= 0.6 is 0 Å². The van der Waals surface area contributed by atoms with Gasteiger partial charge in [-0.2, -0.15) is 0 Å². The van der Waals surface area contributed by atoms with Crippen molar-refractivity contribution in [2.45, 2.75) is 25.7 Å². The molecule has 0 saturated heterocycles. The first-order chi connectivity index (χ1) is 6.84. The standard InChI is InChI=1S/C14H14/c1-2-14(7-8-14)13-9-11-5-3-4-6-12(11)10-13/h1,3-6,13H,7-10H2. The average Bonchev–Trinajstić information content (AvgIpc) is 2.91. The van der Waals surface area contributed by atoms with Gasteiger partial charge in [0.2, 0.25) is 0 Å². The summed E-state index contributed by atoms with van der Waals surface area (Å²) in [6.45, 7) is 0. The first-order valence-electron chi connectivity index (χ1n) is 5.39. The van der Waals surface area contributed by atoms with Crippen molar-refractivity contribution in [3.8, 4) is 12.3 Å². The van der Waals surface area contributed by atoms with Crippen LogP contribution in [0.2, 0.25) is 0 Å². The Morgan fingerprint density at radius 3 is 2.14 bits per heavy atom. The Morgan fingerprint density at radius 2 is 1.71 bits per heavy atom. The lowest BCUT2D eigenvalue weighted by Crippen LogP contribution is -2.14. The molecule has 2 aliphatic rings. The molecule has 1 fully saturated rings. The Balaban J connectivity index is 1.90. The lowest BCUT2D eigenvalue weighted by atomic mass is 9.87. The molecule has 0 bridgehead atoms. The Bertz CT molecular complexity index is 379. The summed E-state index contributed by atoms with van der Waals surface area (Å²) in [5.41, 5.74) is 3.33. The Labute approximate surface area is 85.3 Å². The van der Waals surface area contributed by atoms with Crippen molar-refractivity contribution in [1.82, 2.24) is 0 Å². The molecule has 3 rings (SSSR count). The summed E-state index contributed by atoms with van der Waals surface area (Å²) in [6, 6.07) is 8.77. The quantitative estimate of drug-likeness (QED) is 0.586. The molecule has 0 atom stereocenters. The molecule has 0 spiro atoms. The van der Waals surface area contributed by atoms with Gasteiger partial charge in [0.15, 0.2) is 0 Å². The zero-order valence-corrected chi connectivity index (χ0v) is 8.29. The number of rotatable bonds is 1. The van der Waals surface area contributed by atoms with Crippen LogP contribution in [0.15, 0.2) is 24.3 Å². The largest absolute Gasteiger partial charge is 0.120 e. The van der Waals surface area contributed by atoms with E-state index >= 15 is 0 Å². The maximum atomic E-state index is 5.63. The molecule has 0 N–H and O–H groups in total. The predicted molar refractivity (Wildman–Crippen MR) is 57.8 cm³/mol. The van der Waals surface area contributed by atoms with E-state index in [1.165, 1.54) is 36.8 Å². The topological polar surface area (TPSA) is 0 Å². The molecule has 0 heterocycles. The van der Waals surface area contributed by atoms with E-state index in [1.807, 2.05) is 0 Å². The molecule has 0 radical (unpaired) electrons. The molecule has 2 aliphatic carbocycles. The summed E-state index contributed by atoms with van der Waals surface area (Å²) in [5.74, 6) is 3.76. The Kier molecular flexibility index (Phi) is 1.53. The van der Waals surface area contributed by atoms with Crippen molar-refractivity contribution >= 4 is 0 Å². The fourth-order valence-corrected chi connectivity index (χ4v) is 2.75. The third kappa shape index (κ3) is 1.02. The molecule has 0 aromatic heterocycles. The van der Waals surface area contributed by atoms with Crippen LogP contribution in [-0.4, -0.2) is 0 Å². The lowest BCUT2D eigenvalue weighted by Gasteiger charge is -2.15. The van der Waals surface area contributed by atoms with E-state index in [0.29, 0.717) is 0 Å². The maximum Gasteiger partial charge on any atom is 0.0347 e. The van der Waals surface area contributed by atoms with E-state index in [4.69, 9.17) is 6.42 Å². The van der Waals surface area contributed by atoms with Gasteiger partial charge in [0, 0.05) is 5.41 Å². The second-order valence-electron chi connectivity index (χ2n) is 4.67. The first kappa shape index (κ1) is 8.12. The Hall–Kier alpha value is -1.22. The molecule has 0 heteroatoms. The molecule has 1 aromatic rings. The molecular formula is C14H14. The minimum atomic E-state index is 0.277. The summed E-state index contributed by atoms with van der Waals surface area (Å²) in [5, 5.41) is 0. The van der Waals surface area contributed by atoms with Crippen LogP contribution in [0, 0.1) is 23.7 Å². The van der Waals surface area contributed by atoms with E-state index in [-0.39, 0.29) is 5.41 Å². The highest BCUT2D eigenvalue weighted by atomic mass is 14.5. The van der Waals surface area contributed by atoms with Crippen molar-refractivity contribution in [3.63, 3.8) is 0 Å². The van der Waals surface area contributed by atoms with Crippen molar-refractivity contribution < 1.29 is 0 Å². The van der Waals surface area contributed by atoms with Gasteiger partial charge in [-0.05, 0) is 42.7 Å². The van der Waals surface area contributed by atoms with Crippen molar-refractivity contribution in [2.75, 3.05) is 0 Å². The van der Waals surface area contributed by atoms with E-state index in [9.17, 15) is 0 Å². The van der Waals surface area contributed by atoms with Crippen LogP contribution in [0.25, 0.3) is 0 Å². The smallest absolute Gasteiger partial charge is 0.0347 e. The van der Waals surface area contributed by atoms with E-state index in [0.717, 1.165) is 5.92 Å². The predicted octanol–water partition coefficient (Wildman–Crippen LogP) is 2.81. The number of benzene rings is 1. The van der Waals surface area contributed by atoms with Gasteiger partial charge in [-0.15, -0.1) is 6.42 Å². The highest BCUT2D eigenvalue weighted by molar-refractivity contribution is 5.35. The van der Waals surface area contributed by atoms with Crippen LogP contribution in [-0.2, 0) is 12.8 Å². The summed E-state index contributed by atoms with van der Waals surface area (Å²) in [6.07, 6.45) is 10.6. The zero-order valence-electron chi connectivity index (χ0n) is 8.29. The van der Waals surface area contributed by atoms with Crippen LogP contribution < -0.4 is 0 Å². The molecular weight excluding hydrogens is 168 g/mol. The highest BCUT2D eigenvalue weighted by Crippen LogP contribution is 2.55. The summed E-state index contributed by atoms with van der Waals surface area (Å²) in [4.78, 5) is 0. The molecule has 14 heavy (non-hydrogen) atoms. The van der Waals surface area contributed by atoms with Crippen molar-refractivity contribution in [1.29, 1.82) is 0 Å². The fourth-order valence-electron chi connectivity index (χ4n) is 2.75. The van der Waals surface area contributed by atoms with Crippen LogP contribution in [0.3, 0.4) is 0 Å². The number of fused-ring (bicyclic) bond motifs is 1. The highest BCUT2D eigenvalue weighted by Gasteiger charge is 2.49. The molecule has 0 nitrogen and oxygen atoms in total. The monoisotopic (exact) mass is 182 g/mol. The normalized spacial score (nSPS) is 22.8. The van der Waals surface area contributed by atoms with E-state index in [1.54, 1.807) is 0 Å². The van der Waals surface area contributed by atoms with Gasteiger partial charge in [0.1, 0.15) is 0 Å². The first-order valence-corrected chi connectivity index (χ1v) is 5.39. The molecule has 0 aliphatic heterocycles. The maximum absolute atomic E-state index is 5.63. The number of hydrogen-bond donors (Lipinski definition) is 0. The minimum Gasteiger partial charge on any atom is -0.120 e. The lowest BCUT2D eigenvalue weighted by molar-refractivity contribution is 0.408. The Morgan fingerprint density at radius 1 is 1.14 bits per heavy atom. The van der Waals surface area contributed by atoms with Crippen LogP contribution in [0.1, 0.15) is 24.0 Å². The van der Waals surface area contributed by atoms with Gasteiger partial charge in [-0.1, -0.05) is 30.2 Å². The van der Waals surface area contributed by atoms with Crippen LogP contribution in [0.4, 0.5) is 0 Å². The minimum absolute atomic E-state index is 0.277. The summed E-state index contributed by atoms with van der Waals surface area (Å²) < 4.78 is 0. The second-order valence-corrected chi connectivity index (χ2v) is 4.67. The summed E-state index contributed by atoms with van der Waals surface area (Å²) in [7, 11) is 0. The van der Waals surface area contributed by atoms with Crippen molar-refractivity contribution in [2.24, 2.45) is 11.3 Å². The molecule has 70 valence electrons. The third-order valence-corrected chi connectivity index (χ3v) is 3.91. The SMILES string of the molecule is C#CC1(C2Cc3ccccc3C2)CC1. The van der Waals surface area contributed by atoms with Gasteiger partial charge >= 0.3 is 0 Å². The zero-order chi connectivity index (χ0) is 9.60. The van der Waals surface area contributed by atoms with Gasteiger partial charge < -0.3 is 0 Å². The number of terminal acetylenes is 1. The molecule has 1 aromatic carbocycles. The summed E-state index contributed by atoms with van der Waals surface area (Å²) >= 11 is 0. The van der Waals surface area contributed by atoms with E-state index < -0.39 is 0 Å². The molecule has 0 amide bonds. The van der Waals surface area contributed by atoms with Crippen LogP contribution in [0.5, 0.6) is 0 Å².